The molecule has 0 aliphatic rings. The number of hydrogen-bond donors (Lipinski definition) is 2. The van der Waals surface area contributed by atoms with Gasteiger partial charge in [0.2, 0.25) is 0 Å². The topological polar surface area (TPSA) is 62.2 Å². The molecule has 6 heteroatoms. The van der Waals surface area contributed by atoms with Gasteiger partial charge < -0.3 is 10.4 Å². The van der Waals surface area contributed by atoms with E-state index in [1.807, 2.05) is 17.1 Å². The van der Waals surface area contributed by atoms with Gasteiger partial charge in [0.25, 0.3) is 0 Å². The third kappa shape index (κ3) is 5.93. The summed E-state index contributed by atoms with van der Waals surface area (Å²) in [5, 5.41) is 14.7. The molecule has 0 bridgehead atoms. The Morgan fingerprint density at radius 1 is 1.71 bits per heavy atom. The molecule has 0 saturated heterocycles. The van der Waals surface area contributed by atoms with Crippen LogP contribution in [0, 0.1) is 0 Å². The van der Waals surface area contributed by atoms with Gasteiger partial charge in [-0.3, -0.25) is 4.79 Å². The number of aryl methyl sites for hydroxylation is 1. The quantitative estimate of drug-likeness (QED) is 0.763. The molecule has 1 unspecified atom stereocenters. The molecule has 96 valence electrons. The van der Waals surface area contributed by atoms with Crippen LogP contribution in [0.1, 0.15) is 25.5 Å². The van der Waals surface area contributed by atoms with Crippen molar-refractivity contribution in [2.24, 2.45) is 0 Å². The van der Waals surface area contributed by atoms with Crippen molar-refractivity contribution < 1.29 is 9.90 Å². The van der Waals surface area contributed by atoms with E-state index in [0.717, 1.165) is 23.0 Å². The summed E-state index contributed by atoms with van der Waals surface area (Å²) in [6.07, 6.45) is 3.85. The van der Waals surface area contributed by atoms with E-state index in [9.17, 15) is 4.79 Å². The van der Waals surface area contributed by atoms with E-state index < -0.39 is 5.97 Å². The van der Waals surface area contributed by atoms with Crippen LogP contribution >= 0.6 is 23.1 Å². The van der Waals surface area contributed by atoms with Crippen molar-refractivity contribution in [2.75, 3.05) is 17.3 Å². The van der Waals surface area contributed by atoms with Crippen molar-refractivity contribution in [2.45, 2.75) is 32.2 Å². The predicted octanol–water partition coefficient (Wildman–Crippen LogP) is 2.71. The maximum absolute atomic E-state index is 10.4. The van der Waals surface area contributed by atoms with Crippen molar-refractivity contribution in [1.82, 2.24) is 4.98 Å². The van der Waals surface area contributed by atoms with Crippen molar-refractivity contribution in [3.63, 3.8) is 0 Å². The highest BCUT2D eigenvalue weighted by molar-refractivity contribution is 7.98. The van der Waals surface area contributed by atoms with Crippen LogP contribution in [0.25, 0.3) is 0 Å². The van der Waals surface area contributed by atoms with Gasteiger partial charge >= 0.3 is 5.97 Å². The Morgan fingerprint density at radius 3 is 3.12 bits per heavy atom. The second-order valence-corrected chi connectivity index (χ2v) is 5.71. The summed E-state index contributed by atoms with van der Waals surface area (Å²) in [5.41, 5.74) is 0.858. The van der Waals surface area contributed by atoms with Crippen LogP contribution in [0.2, 0.25) is 0 Å². The Kier molecular flexibility index (Phi) is 6.36. The standard InChI is InChI=1S/C11H18N2O2S2/c1-8(5-6-16-2)12-11-13-9(7-17-11)3-4-10(14)15/h7-8H,3-6H2,1-2H3,(H,12,13)(H,14,15). The first-order valence-corrected chi connectivity index (χ1v) is 7.81. The lowest BCUT2D eigenvalue weighted by Gasteiger charge is -2.11. The van der Waals surface area contributed by atoms with Crippen molar-refractivity contribution >= 4 is 34.2 Å². The molecule has 0 aliphatic carbocycles. The van der Waals surface area contributed by atoms with Crippen molar-refractivity contribution in [3.05, 3.63) is 11.1 Å². The van der Waals surface area contributed by atoms with Gasteiger partial charge in [0.15, 0.2) is 5.13 Å². The summed E-state index contributed by atoms with van der Waals surface area (Å²) in [6.45, 7) is 2.13. The van der Waals surface area contributed by atoms with Crippen LogP contribution in [0.15, 0.2) is 5.38 Å². The van der Waals surface area contributed by atoms with E-state index in [0.29, 0.717) is 12.5 Å². The molecule has 1 aromatic heterocycles. The summed E-state index contributed by atoms with van der Waals surface area (Å²) in [4.78, 5) is 14.8. The lowest BCUT2D eigenvalue weighted by Crippen LogP contribution is -2.15. The third-order valence-electron chi connectivity index (χ3n) is 2.27. The van der Waals surface area contributed by atoms with E-state index >= 15 is 0 Å². The molecule has 0 spiro atoms. The number of nitrogens with one attached hydrogen (secondary N) is 1. The molecule has 2 N–H and O–H groups in total. The zero-order valence-electron chi connectivity index (χ0n) is 10.1. The number of carbonyl (C=O) groups is 1. The number of aromatic nitrogens is 1. The minimum Gasteiger partial charge on any atom is -0.481 e. The minimum absolute atomic E-state index is 0.144. The van der Waals surface area contributed by atoms with E-state index in [-0.39, 0.29) is 6.42 Å². The molecule has 0 radical (unpaired) electrons. The second-order valence-electron chi connectivity index (χ2n) is 3.86. The van der Waals surface area contributed by atoms with Crippen LogP contribution in [-0.2, 0) is 11.2 Å². The molecule has 1 atom stereocenters. The zero-order valence-corrected chi connectivity index (χ0v) is 11.7. The third-order valence-corrected chi connectivity index (χ3v) is 3.74. The average molecular weight is 274 g/mol. The summed E-state index contributed by atoms with van der Waals surface area (Å²) >= 11 is 3.38. The maximum Gasteiger partial charge on any atom is 0.303 e. The van der Waals surface area contributed by atoms with Crippen LogP contribution < -0.4 is 5.32 Å². The van der Waals surface area contributed by atoms with Crippen molar-refractivity contribution in [1.29, 1.82) is 0 Å². The Morgan fingerprint density at radius 2 is 2.47 bits per heavy atom. The monoisotopic (exact) mass is 274 g/mol. The van der Waals surface area contributed by atoms with Gasteiger partial charge in [0.1, 0.15) is 0 Å². The van der Waals surface area contributed by atoms with Crippen LogP contribution in [0.3, 0.4) is 0 Å². The zero-order chi connectivity index (χ0) is 12.7. The number of carboxylic acid groups (broad SMARTS) is 1. The van der Waals surface area contributed by atoms with Gasteiger partial charge in [0.05, 0.1) is 12.1 Å². The summed E-state index contributed by atoms with van der Waals surface area (Å²) in [6, 6.07) is 0.404. The normalized spacial score (nSPS) is 12.4. The van der Waals surface area contributed by atoms with Crippen LogP contribution in [0.4, 0.5) is 5.13 Å². The molecule has 0 fully saturated rings. The number of hydrogen-bond acceptors (Lipinski definition) is 5. The molecular formula is C11H18N2O2S2. The number of aliphatic carboxylic acids is 1. The van der Waals surface area contributed by atoms with Crippen LogP contribution in [-0.4, -0.2) is 34.1 Å². The first-order valence-electron chi connectivity index (χ1n) is 5.53. The van der Waals surface area contributed by atoms with E-state index in [2.05, 4.69) is 23.5 Å². The Bertz CT molecular complexity index is 355. The smallest absolute Gasteiger partial charge is 0.303 e. The fourth-order valence-electron chi connectivity index (χ4n) is 1.30. The van der Waals surface area contributed by atoms with Crippen molar-refractivity contribution in [3.8, 4) is 0 Å². The number of rotatable bonds is 8. The summed E-state index contributed by atoms with van der Waals surface area (Å²) in [5.74, 6) is 0.353. The number of carboxylic acids is 1. The molecule has 4 nitrogen and oxygen atoms in total. The number of thiazole rings is 1. The van der Waals surface area contributed by atoms with E-state index in [1.54, 1.807) is 11.3 Å². The molecule has 0 aromatic carbocycles. The van der Waals surface area contributed by atoms with Gasteiger partial charge in [-0.15, -0.1) is 11.3 Å². The average Bonchev–Trinajstić information content (AvgIpc) is 2.71. The Balaban J connectivity index is 2.37. The predicted molar refractivity (Wildman–Crippen MR) is 74.2 cm³/mol. The highest BCUT2D eigenvalue weighted by atomic mass is 32.2. The van der Waals surface area contributed by atoms with E-state index in [1.165, 1.54) is 0 Å². The first kappa shape index (κ1) is 14.3. The Hall–Kier alpha value is -0.750. The number of anilines is 1. The molecule has 0 aliphatic heterocycles. The minimum atomic E-state index is -0.777. The number of thioether (sulfide) groups is 1. The molecule has 1 rings (SSSR count). The molecule has 1 aromatic rings. The maximum atomic E-state index is 10.4. The lowest BCUT2D eigenvalue weighted by atomic mass is 10.2. The molecule has 17 heavy (non-hydrogen) atoms. The van der Waals surface area contributed by atoms with Gasteiger partial charge in [-0.1, -0.05) is 0 Å². The van der Waals surface area contributed by atoms with Crippen LogP contribution in [0.5, 0.6) is 0 Å². The van der Waals surface area contributed by atoms with Gasteiger partial charge in [-0.05, 0) is 25.4 Å². The van der Waals surface area contributed by atoms with E-state index in [4.69, 9.17) is 5.11 Å². The second kappa shape index (κ2) is 7.55. The summed E-state index contributed by atoms with van der Waals surface area (Å²) < 4.78 is 0. The van der Waals surface area contributed by atoms with Gasteiger partial charge in [-0.2, -0.15) is 11.8 Å². The Labute approximate surface area is 110 Å². The highest BCUT2D eigenvalue weighted by Gasteiger charge is 2.07. The fraction of sp³-hybridized carbons (Fsp3) is 0.636. The fourth-order valence-corrected chi connectivity index (χ4v) is 2.75. The highest BCUT2D eigenvalue weighted by Crippen LogP contribution is 2.18. The van der Waals surface area contributed by atoms with Gasteiger partial charge in [0, 0.05) is 17.8 Å². The first-order chi connectivity index (χ1) is 8.11. The lowest BCUT2D eigenvalue weighted by molar-refractivity contribution is -0.136. The largest absolute Gasteiger partial charge is 0.481 e. The molecule has 0 saturated carbocycles. The number of nitrogens with zero attached hydrogens (tertiary/aromatic N) is 1. The molecular weight excluding hydrogens is 256 g/mol. The van der Waals surface area contributed by atoms with Gasteiger partial charge in [-0.25, -0.2) is 4.98 Å². The molecule has 0 amide bonds. The SMILES string of the molecule is CSCCC(C)Nc1nc(CCC(=O)O)cs1. The summed E-state index contributed by atoms with van der Waals surface area (Å²) in [7, 11) is 0. The molecule has 1 heterocycles.